The number of nitrogens with zero attached hydrogens (tertiary/aromatic N) is 1. The molecule has 0 saturated heterocycles. The van der Waals surface area contributed by atoms with Gasteiger partial charge in [-0.2, -0.15) is 0 Å². The third kappa shape index (κ3) is 8.18. The zero-order chi connectivity index (χ0) is 14.1. The lowest BCUT2D eigenvalue weighted by atomic mass is 10.7. The van der Waals surface area contributed by atoms with Crippen LogP contribution in [-0.2, 0) is 13.7 Å². The van der Waals surface area contributed by atoms with Crippen molar-refractivity contribution in [3.05, 3.63) is 0 Å². The zero-order valence-electron chi connectivity index (χ0n) is 8.69. The molecule has 0 aliphatic heterocycles. The van der Waals surface area contributed by atoms with E-state index in [0.717, 1.165) is 6.92 Å². The van der Waals surface area contributed by atoms with E-state index < -0.39 is 41.1 Å². The third-order valence-electron chi connectivity index (χ3n) is 1.75. The predicted molar refractivity (Wildman–Crippen MR) is 57.2 cm³/mol. The molecular weight excluding hydrogens is 299 g/mol. The standard InChI is InChI=1S/C4H14NO9P3/c1-4(17(12,13)14)5(2-15(6,7)8)3-16(9,10)11/h4H,2-3H2,1H3,(H2,6,7,8)(H2,9,10,11)(H2,12,13,14)/t4-/m1/s1. The molecule has 0 saturated carbocycles. The smallest absolute Gasteiger partial charge is 0.324 e. The van der Waals surface area contributed by atoms with E-state index in [9.17, 15) is 13.7 Å². The average molecular weight is 313 g/mol. The van der Waals surface area contributed by atoms with Gasteiger partial charge in [0.1, 0.15) is 18.4 Å². The van der Waals surface area contributed by atoms with Gasteiger partial charge < -0.3 is 29.4 Å². The minimum atomic E-state index is -4.75. The number of hydrogen-bond acceptors (Lipinski definition) is 4. The lowest BCUT2D eigenvalue weighted by molar-refractivity contribution is 0.240. The van der Waals surface area contributed by atoms with Crippen LogP contribution in [0, 0.1) is 0 Å². The van der Waals surface area contributed by atoms with Crippen LogP contribution < -0.4 is 0 Å². The fourth-order valence-corrected chi connectivity index (χ4v) is 3.61. The van der Waals surface area contributed by atoms with Gasteiger partial charge in [0.05, 0.1) is 0 Å². The molecule has 17 heavy (non-hydrogen) atoms. The fourth-order valence-electron chi connectivity index (χ4n) is 0.967. The van der Waals surface area contributed by atoms with E-state index >= 15 is 0 Å². The highest BCUT2D eigenvalue weighted by molar-refractivity contribution is 7.54. The first-order valence-corrected chi connectivity index (χ1v) is 9.38. The van der Waals surface area contributed by atoms with Crippen molar-refractivity contribution in [1.82, 2.24) is 4.90 Å². The first-order chi connectivity index (χ1) is 7.22. The van der Waals surface area contributed by atoms with Crippen LogP contribution in [0.4, 0.5) is 0 Å². The van der Waals surface area contributed by atoms with Gasteiger partial charge in [-0.25, -0.2) is 0 Å². The fraction of sp³-hybridized carbons (Fsp3) is 1.00. The molecule has 104 valence electrons. The molecule has 0 radical (unpaired) electrons. The van der Waals surface area contributed by atoms with Gasteiger partial charge in [0, 0.05) is 0 Å². The number of rotatable bonds is 6. The molecule has 6 N–H and O–H groups in total. The molecule has 0 bridgehead atoms. The molecule has 0 amide bonds. The van der Waals surface area contributed by atoms with Crippen molar-refractivity contribution in [3.8, 4) is 0 Å². The molecule has 0 aliphatic rings. The van der Waals surface area contributed by atoms with Crippen molar-refractivity contribution in [2.75, 3.05) is 12.6 Å². The minimum Gasteiger partial charge on any atom is -0.324 e. The van der Waals surface area contributed by atoms with Crippen LogP contribution in [0.25, 0.3) is 0 Å². The van der Waals surface area contributed by atoms with Crippen LogP contribution in [0.3, 0.4) is 0 Å². The lowest BCUT2D eigenvalue weighted by Crippen LogP contribution is -2.34. The molecule has 13 heteroatoms. The van der Waals surface area contributed by atoms with Gasteiger partial charge in [-0.3, -0.25) is 18.6 Å². The Morgan fingerprint density at radius 1 is 0.882 bits per heavy atom. The zero-order valence-corrected chi connectivity index (χ0v) is 11.4. The Morgan fingerprint density at radius 2 is 1.18 bits per heavy atom. The van der Waals surface area contributed by atoms with Crippen LogP contribution in [0.15, 0.2) is 0 Å². The highest BCUT2D eigenvalue weighted by Crippen LogP contribution is 2.49. The van der Waals surface area contributed by atoms with Crippen molar-refractivity contribution in [2.24, 2.45) is 0 Å². The summed E-state index contributed by atoms with van der Waals surface area (Å²) in [4.78, 5) is 52.7. The summed E-state index contributed by atoms with van der Waals surface area (Å²) in [6.45, 7) is 0.923. The molecule has 0 aromatic heterocycles. The molecule has 0 heterocycles. The summed E-state index contributed by atoms with van der Waals surface area (Å²) in [5.41, 5.74) is 0. The Balaban J connectivity index is 5.06. The Bertz CT molecular complexity index is 367. The van der Waals surface area contributed by atoms with Gasteiger partial charge in [0.15, 0.2) is 0 Å². The number of hydrogen-bond donors (Lipinski definition) is 6. The molecule has 0 rings (SSSR count). The Labute approximate surface area is 96.7 Å². The van der Waals surface area contributed by atoms with Crippen LogP contribution in [-0.4, -0.2) is 52.6 Å². The van der Waals surface area contributed by atoms with Gasteiger partial charge in [0.25, 0.3) is 0 Å². The Morgan fingerprint density at radius 3 is 1.35 bits per heavy atom. The summed E-state index contributed by atoms with van der Waals surface area (Å²) in [7, 11) is -14.1. The van der Waals surface area contributed by atoms with E-state index in [2.05, 4.69) is 0 Å². The second-order valence-electron chi connectivity index (χ2n) is 3.42. The summed E-state index contributed by atoms with van der Waals surface area (Å²) in [5, 5.41) is 0. The molecule has 0 spiro atoms. The van der Waals surface area contributed by atoms with Gasteiger partial charge >= 0.3 is 22.8 Å². The summed E-state index contributed by atoms with van der Waals surface area (Å²) in [6.07, 6.45) is -2.30. The summed E-state index contributed by atoms with van der Waals surface area (Å²) in [5.74, 6) is -1.71. The van der Waals surface area contributed by atoms with Crippen LogP contribution >= 0.6 is 22.8 Å². The Hall–Kier alpha value is 0.410. The average Bonchev–Trinajstić information content (AvgIpc) is 1.94. The highest BCUT2D eigenvalue weighted by Gasteiger charge is 2.36. The van der Waals surface area contributed by atoms with Gasteiger partial charge in [-0.05, 0) is 6.92 Å². The van der Waals surface area contributed by atoms with Crippen molar-refractivity contribution < 1.29 is 43.1 Å². The molecule has 0 aromatic carbocycles. The summed E-state index contributed by atoms with van der Waals surface area (Å²) < 4.78 is 32.3. The Kier molecular flexibility index (Phi) is 5.72. The molecule has 0 aliphatic carbocycles. The quantitative estimate of drug-likeness (QED) is 0.336. The normalized spacial score (nSPS) is 16.2. The second kappa shape index (κ2) is 5.59. The molecular formula is C4H14NO9P3. The molecule has 0 aromatic rings. The minimum absolute atomic E-state index is 0.377. The monoisotopic (exact) mass is 313 g/mol. The maximum atomic E-state index is 10.9. The highest BCUT2D eigenvalue weighted by atomic mass is 31.2. The summed E-state index contributed by atoms with van der Waals surface area (Å²) in [6, 6.07) is 0. The first-order valence-electron chi connectivity index (χ1n) is 4.11. The SMILES string of the molecule is C[C@H](N(CP(=O)(O)O)CP(=O)(O)O)P(=O)(O)O. The molecule has 10 nitrogen and oxygen atoms in total. The van der Waals surface area contributed by atoms with Crippen molar-refractivity contribution >= 4 is 22.8 Å². The largest absolute Gasteiger partial charge is 0.342 e. The van der Waals surface area contributed by atoms with Gasteiger partial charge in [-0.15, -0.1) is 0 Å². The van der Waals surface area contributed by atoms with Crippen LogP contribution in [0.5, 0.6) is 0 Å². The van der Waals surface area contributed by atoms with Gasteiger partial charge in [0.2, 0.25) is 0 Å². The second-order valence-corrected chi connectivity index (χ2v) is 8.57. The summed E-state index contributed by atoms with van der Waals surface area (Å²) >= 11 is 0. The first kappa shape index (κ1) is 17.4. The topological polar surface area (TPSA) is 176 Å². The molecule has 0 unspecified atom stereocenters. The van der Waals surface area contributed by atoms with Crippen molar-refractivity contribution in [2.45, 2.75) is 12.7 Å². The van der Waals surface area contributed by atoms with Crippen molar-refractivity contribution in [3.63, 3.8) is 0 Å². The third-order valence-corrected chi connectivity index (χ3v) is 4.51. The van der Waals surface area contributed by atoms with Crippen molar-refractivity contribution in [1.29, 1.82) is 0 Å². The van der Waals surface area contributed by atoms with E-state index in [1.54, 1.807) is 0 Å². The van der Waals surface area contributed by atoms with Crippen LogP contribution in [0.2, 0.25) is 0 Å². The van der Waals surface area contributed by atoms with E-state index in [0.29, 0.717) is 4.90 Å². The van der Waals surface area contributed by atoms with Gasteiger partial charge in [-0.1, -0.05) is 0 Å². The molecule has 1 atom stereocenters. The molecule has 0 fully saturated rings. The predicted octanol–water partition coefficient (Wildman–Crippen LogP) is -0.918. The van der Waals surface area contributed by atoms with E-state index in [1.807, 2.05) is 0 Å². The lowest BCUT2D eigenvalue weighted by Gasteiger charge is -2.29. The van der Waals surface area contributed by atoms with E-state index in [1.165, 1.54) is 0 Å². The van der Waals surface area contributed by atoms with E-state index in [-0.39, 0.29) is 0 Å². The maximum Gasteiger partial charge on any atom is 0.342 e. The maximum absolute atomic E-state index is 10.9. The van der Waals surface area contributed by atoms with E-state index in [4.69, 9.17) is 29.4 Å². The van der Waals surface area contributed by atoms with Crippen LogP contribution in [0.1, 0.15) is 6.92 Å².